The number of hydrogen-bond acceptors (Lipinski definition) is 9. The van der Waals surface area contributed by atoms with Crippen molar-refractivity contribution in [3.05, 3.63) is 47.8 Å². The molecule has 38 heavy (non-hydrogen) atoms. The third-order valence-electron chi connectivity index (χ3n) is 5.28. The van der Waals surface area contributed by atoms with Crippen molar-refractivity contribution in [2.45, 2.75) is 43.3 Å². The number of halogens is 3. The second-order valence-electron chi connectivity index (χ2n) is 8.15. The summed E-state index contributed by atoms with van der Waals surface area (Å²) in [6.07, 6.45) is -5.88. The Hall–Kier alpha value is -3.07. The SMILES string of the molecule is COCC(COC)OC(=O)OC(C)n1c([S+]([O-])Cc2nccc(OCC(F)(F)F)c2C)nc2ccccc21. The van der Waals surface area contributed by atoms with E-state index < -0.39 is 42.4 Å². The molecule has 0 amide bonds. The summed E-state index contributed by atoms with van der Waals surface area (Å²) >= 11 is -1.83. The minimum Gasteiger partial charge on any atom is -0.609 e. The maximum atomic E-state index is 13.5. The molecule has 2 atom stereocenters. The second-order valence-corrected chi connectivity index (χ2v) is 9.49. The maximum absolute atomic E-state index is 13.5. The summed E-state index contributed by atoms with van der Waals surface area (Å²) in [5.41, 5.74) is 1.65. The van der Waals surface area contributed by atoms with Crippen molar-refractivity contribution >= 4 is 28.4 Å². The highest BCUT2D eigenvalue weighted by molar-refractivity contribution is 7.90. The Morgan fingerprint density at radius 1 is 1.13 bits per heavy atom. The minimum absolute atomic E-state index is 0.0149. The highest BCUT2D eigenvalue weighted by Crippen LogP contribution is 2.29. The molecule has 0 radical (unpaired) electrons. The normalized spacial score (nSPS) is 13.5. The molecule has 1 aromatic carbocycles. The van der Waals surface area contributed by atoms with Crippen molar-refractivity contribution in [1.29, 1.82) is 0 Å². The zero-order chi connectivity index (χ0) is 27.9. The lowest BCUT2D eigenvalue weighted by Gasteiger charge is -2.21. The van der Waals surface area contributed by atoms with Crippen LogP contribution in [0.4, 0.5) is 18.0 Å². The van der Waals surface area contributed by atoms with E-state index >= 15 is 0 Å². The summed E-state index contributed by atoms with van der Waals surface area (Å²) < 4.78 is 78.4. The number of para-hydroxylation sites is 2. The van der Waals surface area contributed by atoms with Gasteiger partial charge in [0, 0.05) is 37.2 Å². The van der Waals surface area contributed by atoms with Crippen LogP contribution in [0.2, 0.25) is 0 Å². The van der Waals surface area contributed by atoms with Gasteiger partial charge in [0.2, 0.25) is 0 Å². The summed E-state index contributed by atoms with van der Waals surface area (Å²) in [5, 5.41) is 0.0830. The van der Waals surface area contributed by atoms with Gasteiger partial charge in [0.25, 0.3) is 0 Å². The molecular weight excluding hydrogens is 531 g/mol. The molecule has 208 valence electrons. The highest BCUT2D eigenvalue weighted by atomic mass is 32.2. The number of fused-ring (bicyclic) bond motifs is 1. The number of benzene rings is 1. The smallest absolute Gasteiger partial charge is 0.510 e. The van der Waals surface area contributed by atoms with E-state index in [1.807, 2.05) is 0 Å². The lowest BCUT2D eigenvalue weighted by molar-refractivity contribution is -0.153. The molecule has 0 saturated heterocycles. The second kappa shape index (κ2) is 13.1. The fraction of sp³-hybridized carbons (Fsp3) is 0.458. The first-order chi connectivity index (χ1) is 18.0. The van der Waals surface area contributed by atoms with Crippen molar-refractivity contribution in [2.75, 3.05) is 34.0 Å². The molecule has 10 nitrogen and oxygen atoms in total. The molecule has 0 N–H and O–H groups in total. The van der Waals surface area contributed by atoms with Crippen LogP contribution in [0, 0.1) is 6.92 Å². The number of carbonyl (C=O) groups is 1. The minimum atomic E-state index is -4.51. The van der Waals surface area contributed by atoms with E-state index in [1.54, 1.807) is 31.2 Å². The molecule has 0 aliphatic rings. The van der Waals surface area contributed by atoms with E-state index in [-0.39, 0.29) is 35.6 Å². The molecule has 0 bridgehead atoms. The highest BCUT2D eigenvalue weighted by Gasteiger charge is 2.31. The summed E-state index contributed by atoms with van der Waals surface area (Å²) in [5.74, 6) is -0.182. The van der Waals surface area contributed by atoms with Crippen molar-refractivity contribution in [1.82, 2.24) is 14.5 Å². The fourth-order valence-corrected chi connectivity index (χ4v) is 4.92. The van der Waals surface area contributed by atoms with E-state index in [1.165, 1.54) is 38.0 Å². The van der Waals surface area contributed by atoms with E-state index in [0.29, 0.717) is 16.6 Å². The molecule has 2 heterocycles. The third kappa shape index (κ3) is 7.72. The molecule has 2 aromatic heterocycles. The lowest BCUT2D eigenvalue weighted by atomic mass is 10.2. The molecule has 3 rings (SSSR count). The number of hydrogen-bond donors (Lipinski definition) is 0. The van der Waals surface area contributed by atoms with E-state index in [9.17, 15) is 22.5 Å². The quantitative estimate of drug-likeness (QED) is 0.236. The number of methoxy groups -OCH3 is 2. The first-order valence-electron chi connectivity index (χ1n) is 11.4. The number of alkyl halides is 3. The number of rotatable bonds is 12. The fourth-order valence-electron chi connectivity index (χ4n) is 3.59. The van der Waals surface area contributed by atoms with Gasteiger partial charge in [-0.15, -0.1) is 0 Å². The van der Waals surface area contributed by atoms with E-state index in [0.717, 1.165) is 0 Å². The van der Waals surface area contributed by atoms with Crippen LogP contribution in [-0.4, -0.2) is 71.6 Å². The van der Waals surface area contributed by atoms with Gasteiger partial charge in [0.05, 0.1) is 29.9 Å². The molecule has 0 spiro atoms. The van der Waals surface area contributed by atoms with Crippen LogP contribution in [-0.2, 0) is 35.9 Å². The van der Waals surface area contributed by atoms with Gasteiger partial charge in [0.15, 0.2) is 24.7 Å². The lowest BCUT2D eigenvalue weighted by Crippen LogP contribution is -2.29. The van der Waals surface area contributed by atoms with Gasteiger partial charge >= 0.3 is 17.5 Å². The van der Waals surface area contributed by atoms with Gasteiger partial charge in [-0.2, -0.15) is 18.2 Å². The summed E-state index contributed by atoms with van der Waals surface area (Å²) in [7, 11) is 2.90. The molecule has 14 heteroatoms. The Labute approximate surface area is 220 Å². The number of ether oxygens (including phenoxy) is 5. The molecule has 0 aliphatic heterocycles. The van der Waals surface area contributed by atoms with Crippen molar-refractivity contribution in [2.24, 2.45) is 0 Å². The average Bonchev–Trinajstić information content (AvgIpc) is 3.24. The van der Waals surface area contributed by atoms with Crippen LogP contribution in [0.1, 0.15) is 24.4 Å². The number of nitrogens with zero attached hydrogens (tertiary/aromatic N) is 3. The number of aromatic nitrogens is 3. The maximum Gasteiger partial charge on any atom is 0.510 e. The summed E-state index contributed by atoms with van der Waals surface area (Å²) in [6.45, 7) is 1.83. The van der Waals surface area contributed by atoms with Crippen molar-refractivity contribution in [3.63, 3.8) is 0 Å². The van der Waals surface area contributed by atoms with Crippen LogP contribution in [0.5, 0.6) is 5.75 Å². The predicted octanol–water partition coefficient (Wildman–Crippen LogP) is 4.32. The molecule has 3 aromatic rings. The Morgan fingerprint density at radius 2 is 1.82 bits per heavy atom. The molecule has 0 fully saturated rings. The first kappa shape index (κ1) is 29.5. The van der Waals surface area contributed by atoms with Crippen LogP contribution in [0.3, 0.4) is 0 Å². The van der Waals surface area contributed by atoms with Crippen LogP contribution >= 0.6 is 0 Å². The summed E-state index contributed by atoms with van der Waals surface area (Å²) in [6, 6.07) is 8.24. The topological polar surface area (TPSA) is 117 Å². The Kier molecular flexibility index (Phi) is 10.2. The molecule has 2 unspecified atom stereocenters. The average molecular weight is 560 g/mol. The third-order valence-corrected chi connectivity index (χ3v) is 6.51. The van der Waals surface area contributed by atoms with Gasteiger partial charge in [-0.25, -0.2) is 9.36 Å². The van der Waals surface area contributed by atoms with E-state index in [2.05, 4.69) is 9.97 Å². The van der Waals surface area contributed by atoms with E-state index in [4.69, 9.17) is 23.7 Å². The van der Waals surface area contributed by atoms with Crippen LogP contribution in [0.25, 0.3) is 11.0 Å². The zero-order valence-electron chi connectivity index (χ0n) is 21.2. The standard InChI is InChI=1S/C24H28F3N3O7S/c1-15-19(28-10-9-21(15)35-14-24(25,26)27)13-38(32)22-29-18-7-5-6-8-20(18)30(22)16(2)36-23(31)37-17(11-33-3)12-34-4/h5-10,16-17H,11-14H2,1-4H3. The van der Waals surface area contributed by atoms with Crippen LogP contribution in [0.15, 0.2) is 41.7 Å². The largest absolute Gasteiger partial charge is 0.609 e. The van der Waals surface area contributed by atoms with Gasteiger partial charge < -0.3 is 28.2 Å². The monoisotopic (exact) mass is 559 g/mol. The molecule has 0 saturated carbocycles. The van der Waals surface area contributed by atoms with Gasteiger partial charge in [-0.3, -0.25) is 4.98 Å². The Balaban J connectivity index is 1.84. The number of imidazole rings is 1. The van der Waals surface area contributed by atoms with Crippen molar-refractivity contribution in [3.8, 4) is 5.75 Å². The summed E-state index contributed by atoms with van der Waals surface area (Å²) in [4.78, 5) is 21.1. The number of carbonyl (C=O) groups excluding carboxylic acids is 1. The number of pyridine rings is 1. The van der Waals surface area contributed by atoms with Crippen molar-refractivity contribution < 1.29 is 46.2 Å². The zero-order valence-corrected chi connectivity index (χ0v) is 22.0. The van der Waals surface area contributed by atoms with Gasteiger partial charge in [0.1, 0.15) is 5.75 Å². The predicted molar refractivity (Wildman–Crippen MR) is 130 cm³/mol. The molecular formula is C24H28F3N3O7S. The van der Waals surface area contributed by atoms with Crippen LogP contribution < -0.4 is 4.74 Å². The van der Waals surface area contributed by atoms with Gasteiger partial charge in [-0.1, -0.05) is 12.1 Å². The van der Waals surface area contributed by atoms with Gasteiger partial charge in [-0.05, 0) is 32.0 Å². The molecule has 0 aliphatic carbocycles. The Morgan fingerprint density at radius 3 is 2.47 bits per heavy atom. The Bertz CT molecular complexity index is 1220. The first-order valence-corrected chi connectivity index (χ1v) is 12.7.